The van der Waals surface area contributed by atoms with Gasteiger partial charge >= 0.3 is 6.18 Å². The number of rotatable bonds is 3. The number of hydrogen-bond acceptors (Lipinski definition) is 6. The highest BCUT2D eigenvalue weighted by Gasteiger charge is 2.30. The first kappa shape index (κ1) is 19.3. The third kappa shape index (κ3) is 3.75. The van der Waals surface area contributed by atoms with Crippen molar-refractivity contribution in [1.29, 1.82) is 0 Å². The molecule has 9 heteroatoms. The molecule has 0 amide bonds. The van der Waals surface area contributed by atoms with Gasteiger partial charge in [-0.2, -0.15) is 13.2 Å². The van der Waals surface area contributed by atoms with E-state index in [4.69, 9.17) is 0 Å². The predicted molar refractivity (Wildman–Crippen MR) is 112 cm³/mol. The molecule has 0 saturated heterocycles. The zero-order valence-electron chi connectivity index (χ0n) is 16.2. The molecule has 31 heavy (non-hydrogen) atoms. The van der Waals surface area contributed by atoms with E-state index in [0.29, 0.717) is 17.9 Å². The fourth-order valence-electron chi connectivity index (χ4n) is 3.66. The first-order valence-corrected chi connectivity index (χ1v) is 9.59. The van der Waals surface area contributed by atoms with Crippen LogP contribution >= 0.6 is 0 Å². The fraction of sp³-hybridized carbons (Fsp3) is 0.136. The molecule has 0 bridgehead atoms. The Hall–Kier alpha value is -3.72. The average molecular weight is 422 g/mol. The molecular formula is C22H17F3N6. The number of halogens is 3. The third-order valence-corrected chi connectivity index (χ3v) is 5.14. The van der Waals surface area contributed by atoms with Gasteiger partial charge < -0.3 is 5.32 Å². The van der Waals surface area contributed by atoms with E-state index in [0.717, 1.165) is 40.2 Å². The average Bonchev–Trinajstić information content (AvgIpc) is 2.91. The molecular weight excluding hydrogens is 405 g/mol. The second-order valence-electron chi connectivity index (χ2n) is 7.18. The summed E-state index contributed by atoms with van der Waals surface area (Å²) < 4.78 is 38.9. The molecule has 0 fully saturated rings. The SMILES string of the molecule is FC(F)(F)c1cccc(CNN2C=NC3=C(C2)c2ccncc2Nc2ncccc23)c1. The minimum absolute atomic E-state index is 0.234. The van der Waals surface area contributed by atoms with Crippen LogP contribution in [-0.4, -0.2) is 27.9 Å². The Kier molecular flexibility index (Phi) is 4.67. The lowest BCUT2D eigenvalue weighted by Gasteiger charge is -2.27. The summed E-state index contributed by atoms with van der Waals surface area (Å²) in [5.41, 5.74) is 7.45. The first-order chi connectivity index (χ1) is 15.0. The molecule has 2 aliphatic rings. The van der Waals surface area contributed by atoms with Crippen LogP contribution in [0.3, 0.4) is 0 Å². The van der Waals surface area contributed by atoms with Gasteiger partial charge in [-0.1, -0.05) is 18.2 Å². The van der Waals surface area contributed by atoms with E-state index < -0.39 is 11.7 Å². The fourth-order valence-corrected chi connectivity index (χ4v) is 3.66. The van der Waals surface area contributed by atoms with Gasteiger partial charge in [0.25, 0.3) is 0 Å². The lowest BCUT2D eigenvalue weighted by Crippen LogP contribution is -2.39. The van der Waals surface area contributed by atoms with Crippen molar-refractivity contribution in [3.8, 4) is 0 Å². The van der Waals surface area contributed by atoms with E-state index in [1.807, 2.05) is 18.2 Å². The summed E-state index contributed by atoms with van der Waals surface area (Å²) >= 11 is 0. The van der Waals surface area contributed by atoms with Crippen molar-refractivity contribution in [2.75, 3.05) is 11.9 Å². The van der Waals surface area contributed by atoms with Crippen LogP contribution in [0, 0.1) is 0 Å². The predicted octanol–water partition coefficient (Wildman–Crippen LogP) is 4.47. The quantitative estimate of drug-likeness (QED) is 0.652. The second-order valence-corrected chi connectivity index (χ2v) is 7.18. The Morgan fingerprint density at radius 2 is 1.97 bits per heavy atom. The van der Waals surface area contributed by atoms with Crippen molar-refractivity contribution < 1.29 is 13.2 Å². The van der Waals surface area contributed by atoms with Gasteiger partial charge in [-0.15, -0.1) is 0 Å². The Bertz CT molecular complexity index is 1200. The van der Waals surface area contributed by atoms with E-state index in [1.54, 1.807) is 36.0 Å². The lowest BCUT2D eigenvalue weighted by molar-refractivity contribution is -0.137. The number of alkyl halides is 3. The van der Waals surface area contributed by atoms with E-state index in [2.05, 4.69) is 25.7 Å². The highest BCUT2D eigenvalue weighted by atomic mass is 19.4. The highest BCUT2D eigenvalue weighted by Crippen LogP contribution is 2.40. The van der Waals surface area contributed by atoms with Gasteiger partial charge in [0.05, 0.1) is 29.7 Å². The van der Waals surface area contributed by atoms with Crippen LogP contribution in [0.1, 0.15) is 22.3 Å². The zero-order valence-corrected chi connectivity index (χ0v) is 16.2. The zero-order chi connectivity index (χ0) is 21.4. The van der Waals surface area contributed by atoms with Gasteiger partial charge in [0.15, 0.2) is 0 Å². The first-order valence-electron chi connectivity index (χ1n) is 9.59. The van der Waals surface area contributed by atoms with Gasteiger partial charge in [0.1, 0.15) is 12.2 Å². The van der Waals surface area contributed by atoms with Crippen LogP contribution in [-0.2, 0) is 12.7 Å². The summed E-state index contributed by atoms with van der Waals surface area (Å²) in [5.74, 6) is 0.698. The Morgan fingerprint density at radius 3 is 2.84 bits per heavy atom. The third-order valence-electron chi connectivity index (χ3n) is 5.14. The molecule has 2 aromatic heterocycles. The Morgan fingerprint density at radius 1 is 1.06 bits per heavy atom. The van der Waals surface area contributed by atoms with Gasteiger partial charge in [0, 0.05) is 35.6 Å². The summed E-state index contributed by atoms with van der Waals surface area (Å²) in [6, 6.07) is 11.0. The Balaban J connectivity index is 1.42. The number of hydrazine groups is 1. The van der Waals surface area contributed by atoms with Crippen LogP contribution in [0.15, 0.2) is 66.0 Å². The number of fused-ring (bicyclic) bond motifs is 4. The number of hydrogen-bond donors (Lipinski definition) is 2. The van der Waals surface area contributed by atoms with Gasteiger partial charge in [-0.3, -0.25) is 9.99 Å². The molecule has 0 unspecified atom stereocenters. The molecule has 0 aliphatic carbocycles. The summed E-state index contributed by atoms with van der Waals surface area (Å²) in [4.78, 5) is 13.3. The number of aliphatic imine (C=N–C) groups is 1. The molecule has 0 radical (unpaired) electrons. The molecule has 156 valence electrons. The van der Waals surface area contributed by atoms with E-state index in [1.165, 1.54) is 6.07 Å². The number of nitrogens with zero attached hydrogens (tertiary/aromatic N) is 4. The van der Waals surface area contributed by atoms with Gasteiger partial charge in [0.2, 0.25) is 0 Å². The van der Waals surface area contributed by atoms with Crippen molar-refractivity contribution in [2.45, 2.75) is 12.7 Å². The normalized spacial score (nSPS) is 15.0. The molecule has 5 rings (SSSR count). The van der Waals surface area contributed by atoms with Crippen LogP contribution in [0.4, 0.5) is 24.7 Å². The lowest BCUT2D eigenvalue weighted by atomic mass is 10.0. The topological polar surface area (TPSA) is 65.4 Å². The monoisotopic (exact) mass is 422 g/mol. The molecule has 4 heterocycles. The van der Waals surface area contributed by atoms with Crippen molar-refractivity contribution in [3.05, 3.63) is 83.3 Å². The van der Waals surface area contributed by atoms with Gasteiger partial charge in [-0.05, 0) is 29.8 Å². The van der Waals surface area contributed by atoms with Crippen LogP contribution in [0.2, 0.25) is 0 Å². The molecule has 3 aromatic rings. The molecule has 0 saturated carbocycles. The molecule has 2 N–H and O–H groups in total. The standard InChI is InChI=1S/C22H17F3N6/c23-22(24,25)15-4-1-3-14(9-15)10-29-31-12-18-16-6-8-26-11-19(16)30-21-17(5-2-7-27-21)20(18)28-13-31/h1-9,11,13,29H,10,12H2,(H,27,30). The number of aromatic nitrogens is 2. The van der Waals surface area contributed by atoms with Crippen molar-refractivity contribution in [2.24, 2.45) is 4.99 Å². The van der Waals surface area contributed by atoms with Crippen LogP contribution < -0.4 is 10.7 Å². The maximum Gasteiger partial charge on any atom is 0.416 e. The van der Waals surface area contributed by atoms with Crippen molar-refractivity contribution in [1.82, 2.24) is 20.4 Å². The number of benzene rings is 1. The molecule has 0 spiro atoms. The van der Waals surface area contributed by atoms with Crippen LogP contribution in [0.25, 0.3) is 11.3 Å². The second kappa shape index (κ2) is 7.51. The van der Waals surface area contributed by atoms with Crippen molar-refractivity contribution in [3.63, 3.8) is 0 Å². The molecule has 0 atom stereocenters. The number of nitrogens with one attached hydrogen (secondary N) is 2. The van der Waals surface area contributed by atoms with E-state index >= 15 is 0 Å². The summed E-state index contributed by atoms with van der Waals surface area (Å²) in [5, 5.41) is 5.09. The van der Waals surface area contributed by atoms with E-state index in [-0.39, 0.29) is 6.54 Å². The molecule has 1 aromatic carbocycles. The summed E-state index contributed by atoms with van der Waals surface area (Å²) in [7, 11) is 0. The maximum absolute atomic E-state index is 13.0. The molecule has 6 nitrogen and oxygen atoms in total. The van der Waals surface area contributed by atoms with Gasteiger partial charge in [-0.25, -0.2) is 15.4 Å². The van der Waals surface area contributed by atoms with Crippen molar-refractivity contribution >= 4 is 29.1 Å². The largest absolute Gasteiger partial charge is 0.416 e. The summed E-state index contributed by atoms with van der Waals surface area (Å²) in [6.07, 6.45) is 2.45. The minimum atomic E-state index is -4.37. The highest BCUT2D eigenvalue weighted by molar-refractivity contribution is 6.03. The van der Waals surface area contributed by atoms with E-state index in [9.17, 15) is 13.2 Å². The smallest absolute Gasteiger partial charge is 0.338 e. The number of pyridine rings is 2. The summed E-state index contributed by atoms with van der Waals surface area (Å²) in [6.45, 7) is 0.711. The maximum atomic E-state index is 13.0. The Labute approximate surface area is 176 Å². The number of anilines is 2. The molecule has 2 aliphatic heterocycles. The van der Waals surface area contributed by atoms with Crippen LogP contribution in [0.5, 0.6) is 0 Å². The minimum Gasteiger partial charge on any atom is -0.338 e.